The number of carbonyl (C=O) groups is 1. The minimum absolute atomic E-state index is 0.0471. The zero-order chi connectivity index (χ0) is 13.2. The first-order chi connectivity index (χ1) is 9.22. The third kappa shape index (κ3) is 2.63. The number of rotatable bonds is 2. The third-order valence-corrected chi connectivity index (χ3v) is 4.29. The molecule has 1 amide bonds. The summed E-state index contributed by atoms with van der Waals surface area (Å²) >= 11 is 1.78. The van der Waals surface area contributed by atoms with Crippen molar-refractivity contribution in [2.75, 3.05) is 6.54 Å². The molecule has 0 bridgehead atoms. The Kier molecular flexibility index (Phi) is 3.25. The van der Waals surface area contributed by atoms with E-state index in [0.717, 1.165) is 31.0 Å². The van der Waals surface area contributed by atoms with Gasteiger partial charge in [-0.05, 0) is 48.6 Å². The average Bonchev–Trinajstić information content (AvgIpc) is 3.03. The van der Waals surface area contributed by atoms with Crippen LogP contribution in [-0.4, -0.2) is 17.4 Å². The molecule has 0 spiro atoms. The fraction of sp³-hybridized carbons (Fsp3) is 0.267. The van der Waals surface area contributed by atoms with E-state index in [0.29, 0.717) is 0 Å². The van der Waals surface area contributed by atoms with Gasteiger partial charge in [-0.3, -0.25) is 4.79 Å². The zero-order valence-electron chi connectivity index (χ0n) is 10.8. The lowest BCUT2D eigenvalue weighted by Crippen LogP contribution is -2.34. The number of aryl methyl sites for hydroxylation is 1. The number of hydrogen-bond acceptors (Lipinski definition) is 3. The third-order valence-electron chi connectivity index (χ3n) is 3.27. The first-order valence-corrected chi connectivity index (χ1v) is 7.19. The molecule has 0 atom stereocenters. The summed E-state index contributed by atoms with van der Waals surface area (Å²) in [5, 5.41) is 2.10. The van der Waals surface area contributed by atoms with Crippen LogP contribution in [-0.2, 0) is 17.8 Å². The van der Waals surface area contributed by atoms with Gasteiger partial charge in [-0.1, -0.05) is 0 Å². The molecule has 3 heterocycles. The van der Waals surface area contributed by atoms with Crippen LogP contribution < -0.4 is 0 Å². The number of nitrogens with zero attached hydrogens (tertiary/aromatic N) is 1. The van der Waals surface area contributed by atoms with Gasteiger partial charge in [0, 0.05) is 24.0 Å². The van der Waals surface area contributed by atoms with Gasteiger partial charge in [0.25, 0.3) is 0 Å². The van der Waals surface area contributed by atoms with E-state index in [-0.39, 0.29) is 5.91 Å². The SMILES string of the molecule is Cc1ccc(C=CC(=O)N2CCc3sccc3C2)o1. The predicted molar refractivity (Wildman–Crippen MR) is 75.9 cm³/mol. The predicted octanol–water partition coefficient (Wildman–Crippen LogP) is 3.25. The molecule has 0 fully saturated rings. The summed E-state index contributed by atoms with van der Waals surface area (Å²) in [7, 11) is 0. The molecule has 3 rings (SSSR count). The smallest absolute Gasteiger partial charge is 0.247 e. The lowest BCUT2D eigenvalue weighted by Gasteiger charge is -2.25. The van der Waals surface area contributed by atoms with E-state index in [1.54, 1.807) is 23.5 Å². The van der Waals surface area contributed by atoms with E-state index in [1.165, 1.54) is 10.4 Å². The highest BCUT2D eigenvalue weighted by atomic mass is 32.1. The summed E-state index contributed by atoms with van der Waals surface area (Å²) in [4.78, 5) is 15.4. The van der Waals surface area contributed by atoms with Crippen LogP contribution in [0.1, 0.15) is 22.0 Å². The Morgan fingerprint density at radius 1 is 1.42 bits per heavy atom. The van der Waals surface area contributed by atoms with Crippen molar-refractivity contribution in [3.63, 3.8) is 0 Å². The van der Waals surface area contributed by atoms with E-state index in [2.05, 4.69) is 11.4 Å². The largest absolute Gasteiger partial charge is 0.462 e. The van der Waals surface area contributed by atoms with Gasteiger partial charge in [-0.15, -0.1) is 11.3 Å². The first-order valence-electron chi connectivity index (χ1n) is 6.31. The molecular formula is C15H15NO2S. The highest BCUT2D eigenvalue weighted by Crippen LogP contribution is 2.24. The van der Waals surface area contributed by atoms with Crippen LogP contribution in [0, 0.1) is 6.92 Å². The highest BCUT2D eigenvalue weighted by molar-refractivity contribution is 7.10. The molecule has 1 aliphatic heterocycles. The molecule has 3 nitrogen and oxygen atoms in total. The van der Waals surface area contributed by atoms with E-state index >= 15 is 0 Å². The summed E-state index contributed by atoms with van der Waals surface area (Å²) in [6.45, 7) is 3.41. The maximum atomic E-state index is 12.1. The zero-order valence-corrected chi connectivity index (χ0v) is 11.6. The molecule has 1 aliphatic rings. The minimum Gasteiger partial charge on any atom is -0.462 e. The van der Waals surface area contributed by atoms with Gasteiger partial charge < -0.3 is 9.32 Å². The lowest BCUT2D eigenvalue weighted by molar-refractivity contribution is -0.126. The molecule has 2 aromatic rings. The Labute approximate surface area is 116 Å². The second kappa shape index (κ2) is 5.05. The molecule has 0 radical (unpaired) electrons. The van der Waals surface area contributed by atoms with Crippen LogP contribution in [0.2, 0.25) is 0 Å². The van der Waals surface area contributed by atoms with Gasteiger partial charge in [0.15, 0.2) is 0 Å². The van der Waals surface area contributed by atoms with Crippen molar-refractivity contribution in [2.24, 2.45) is 0 Å². The summed E-state index contributed by atoms with van der Waals surface area (Å²) in [5.41, 5.74) is 1.28. The standard InChI is InChI=1S/C15H15NO2S/c1-11-2-3-13(18-11)4-5-15(17)16-8-6-14-12(10-16)7-9-19-14/h2-5,7,9H,6,8,10H2,1H3. The molecular weight excluding hydrogens is 258 g/mol. The molecule has 0 aliphatic carbocycles. The molecule has 0 aromatic carbocycles. The number of carbonyl (C=O) groups excluding carboxylic acids is 1. The fourth-order valence-corrected chi connectivity index (χ4v) is 3.13. The Morgan fingerprint density at radius 2 is 2.32 bits per heavy atom. The van der Waals surface area contributed by atoms with Crippen LogP contribution in [0.15, 0.2) is 34.1 Å². The Balaban J connectivity index is 1.67. The van der Waals surface area contributed by atoms with E-state index < -0.39 is 0 Å². The minimum atomic E-state index is 0.0471. The first kappa shape index (κ1) is 12.2. The molecule has 0 unspecified atom stereocenters. The van der Waals surface area contributed by atoms with Crippen LogP contribution in [0.5, 0.6) is 0 Å². The number of thiophene rings is 1. The molecule has 0 N–H and O–H groups in total. The summed E-state index contributed by atoms with van der Waals surface area (Å²) in [5.74, 6) is 1.62. The van der Waals surface area contributed by atoms with Crippen LogP contribution >= 0.6 is 11.3 Å². The van der Waals surface area contributed by atoms with Crippen molar-refractivity contribution in [1.29, 1.82) is 0 Å². The number of amides is 1. The van der Waals surface area contributed by atoms with Crippen LogP contribution in [0.25, 0.3) is 6.08 Å². The molecule has 19 heavy (non-hydrogen) atoms. The normalized spacial score (nSPS) is 14.9. The van der Waals surface area contributed by atoms with Crippen molar-refractivity contribution < 1.29 is 9.21 Å². The maximum Gasteiger partial charge on any atom is 0.247 e. The summed E-state index contributed by atoms with van der Waals surface area (Å²) < 4.78 is 5.41. The Hall–Kier alpha value is -1.81. The molecule has 2 aromatic heterocycles. The number of hydrogen-bond donors (Lipinski definition) is 0. The van der Waals surface area contributed by atoms with Gasteiger partial charge in [-0.2, -0.15) is 0 Å². The number of fused-ring (bicyclic) bond motifs is 1. The van der Waals surface area contributed by atoms with Crippen molar-refractivity contribution >= 4 is 23.3 Å². The maximum absolute atomic E-state index is 12.1. The van der Waals surface area contributed by atoms with Crippen molar-refractivity contribution in [2.45, 2.75) is 19.9 Å². The van der Waals surface area contributed by atoms with Crippen molar-refractivity contribution in [3.05, 3.63) is 51.6 Å². The molecule has 98 valence electrons. The van der Waals surface area contributed by atoms with Gasteiger partial charge in [0.1, 0.15) is 11.5 Å². The Morgan fingerprint density at radius 3 is 3.11 bits per heavy atom. The van der Waals surface area contributed by atoms with Crippen molar-refractivity contribution in [1.82, 2.24) is 4.90 Å². The summed E-state index contributed by atoms with van der Waals surface area (Å²) in [6.07, 6.45) is 4.29. The summed E-state index contributed by atoms with van der Waals surface area (Å²) in [6, 6.07) is 5.87. The van der Waals surface area contributed by atoms with Gasteiger partial charge in [0.2, 0.25) is 5.91 Å². The fourth-order valence-electron chi connectivity index (χ4n) is 2.24. The van der Waals surface area contributed by atoms with Gasteiger partial charge in [0.05, 0.1) is 0 Å². The van der Waals surface area contributed by atoms with E-state index in [1.807, 2.05) is 24.0 Å². The quantitative estimate of drug-likeness (QED) is 0.787. The van der Waals surface area contributed by atoms with E-state index in [9.17, 15) is 4.79 Å². The molecule has 0 saturated carbocycles. The van der Waals surface area contributed by atoms with Crippen LogP contribution in [0.4, 0.5) is 0 Å². The Bertz CT molecular complexity index is 624. The van der Waals surface area contributed by atoms with Crippen molar-refractivity contribution in [3.8, 4) is 0 Å². The average molecular weight is 273 g/mol. The van der Waals surface area contributed by atoms with Gasteiger partial charge >= 0.3 is 0 Å². The topological polar surface area (TPSA) is 33.5 Å². The monoisotopic (exact) mass is 273 g/mol. The molecule has 4 heteroatoms. The lowest BCUT2D eigenvalue weighted by atomic mass is 10.1. The second-order valence-electron chi connectivity index (χ2n) is 4.66. The second-order valence-corrected chi connectivity index (χ2v) is 5.66. The number of furan rings is 1. The molecule has 0 saturated heterocycles. The van der Waals surface area contributed by atoms with E-state index in [4.69, 9.17) is 4.42 Å². The van der Waals surface area contributed by atoms with Gasteiger partial charge in [-0.25, -0.2) is 0 Å². The van der Waals surface area contributed by atoms with Crippen LogP contribution in [0.3, 0.4) is 0 Å². The highest BCUT2D eigenvalue weighted by Gasteiger charge is 2.19.